The molecule has 152 valence electrons. The first-order valence-corrected chi connectivity index (χ1v) is 10.4. The van der Waals surface area contributed by atoms with Crippen molar-refractivity contribution in [3.63, 3.8) is 0 Å². The number of hydrogen-bond acceptors (Lipinski definition) is 5. The third-order valence-corrected chi connectivity index (χ3v) is 5.47. The van der Waals surface area contributed by atoms with Crippen molar-refractivity contribution in [2.75, 3.05) is 13.1 Å². The van der Waals surface area contributed by atoms with Crippen molar-refractivity contribution in [3.05, 3.63) is 58.7 Å². The topological polar surface area (TPSA) is 75.4 Å². The van der Waals surface area contributed by atoms with Crippen LogP contribution >= 0.6 is 0 Å². The zero-order valence-corrected chi connectivity index (χ0v) is 17.2. The van der Waals surface area contributed by atoms with Gasteiger partial charge in [-0.1, -0.05) is 37.1 Å². The fourth-order valence-electron chi connectivity index (χ4n) is 3.94. The number of rotatable bonds is 5. The van der Waals surface area contributed by atoms with Crippen molar-refractivity contribution >= 4 is 11.7 Å². The molecule has 3 aromatic rings. The highest BCUT2D eigenvalue weighted by Gasteiger charge is 2.16. The van der Waals surface area contributed by atoms with Crippen LogP contribution in [0.25, 0.3) is 5.78 Å². The fraction of sp³-hybridized carbons (Fsp3) is 0.455. The summed E-state index contributed by atoms with van der Waals surface area (Å²) in [6.07, 6.45) is 5.19. The molecule has 0 atom stereocenters. The lowest BCUT2D eigenvalue weighted by atomic mass is 10.1. The molecule has 0 spiro atoms. The van der Waals surface area contributed by atoms with E-state index in [0.717, 1.165) is 36.6 Å². The predicted molar refractivity (Wildman–Crippen MR) is 112 cm³/mol. The Bertz CT molecular complexity index is 1000. The number of aryl methyl sites for hydroxylation is 2. The Labute approximate surface area is 171 Å². The summed E-state index contributed by atoms with van der Waals surface area (Å²) in [5, 5.41) is 7.29. The Hall–Kier alpha value is -2.80. The number of amides is 1. The van der Waals surface area contributed by atoms with Crippen molar-refractivity contribution in [3.8, 4) is 0 Å². The van der Waals surface area contributed by atoms with E-state index >= 15 is 0 Å². The van der Waals surface area contributed by atoms with Gasteiger partial charge < -0.3 is 5.32 Å². The van der Waals surface area contributed by atoms with Crippen LogP contribution in [0.3, 0.4) is 0 Å². The minimum absolute atomic E-state index is 0.149. The molecule has 0 unspecified atom stereocenters. The smallest absolute Gasteiger partial charge is 0.291 e. The highest BCUT2D eigenvalue weighted by atomic mass is 16.2. The third-order valence-electron chi connectivity index (χ3n) is 5.47. The van der Waals surface area contributed by atoms with Crippen molar-refractivity contribution in [2.24, 2.45) is 0 Å². The maximum absolute atomic E-state index is 12.6. The third kappa shape index (κ3) is 4.62. The number of carbonyl (C=O) groups is 1. The summed E-state index contributed by atoms with van der Waals surface area (Å²) in [6, 6.07) is 10.2. The summed E-state index contributed by atoms with van der Waals surface area (Å²) in [5.74, 6) is 0.322. The summed E-state index contributed by atoms with van der Waals surface area (Å²) in [7, 11) is 0. The maximum atomic E-state index is 12.6. The second-order valence-electron chi connectivity index (χ2n) is 7.83. The van der Waals surface area contributed by atoms with Gasteiger partial charge in [-0.3, -0.25) is 9.69 Å². The van der Waals surface area contributed by atoms with Gasteiger partial charge >= 0.3 is 0 Å². The van der Waals surface area contributed by atoms with Gasteiger partial charge in [-0.2, -0.15) is 4.98 Å². The lowest BCUT2D eigenvalue weighted by Crippen LogP contribution is -2.27. The molecule has 0 saturated carbocycles. The van der Waals surface area contributed by atoms with Crippen LogP contribution in [0.1, 0.15) is 58.8 Å². The van der Waals surface area contributed by atoms with Gasteiger partial charge in [-0.25, -0.2) is 9.50 Å². The first-order valence-electron chi connectivity index (χ1n) is 10.4. The standard InChI is InChI=1S/C22H28N6O/c1-16-13-17(2)28-22(24-16)25-20(26-28)21(29)23-14-18-9-5-6-10-19(18)15-27-11-7-3-4-8-12-27/h5-6,9-10,13H,3-4,7-8,11-12,14-15H2,1-2H3,(H,23,29). The molecule has 0 bridgehead atoms. The van der Waals surface area contributed by atoms with Crippen LogP contribution < -0.4 is 5.32 Å². The molecule has 7 heteroatoms. The van der Waals surface area contributed by atoms with Gasteiger partial charge in [0.25, 0.3) is 11.7 Å². The molecule has 1 aliphatic heterocycles. The number of hydrogen-bond donors (Lipinski definition) is 1. The molecule has 0 radical (unpaired) electrons. The Kier molecular flexibility index (Phi) is 5.85. The Balaban J connectivity index is 1.45. The van der Waals surface area contributed by atoms with Crippen LogP contribution in [-0.4, -0.2) is 43.5 Å². The quantitative estimate of drug-likeness (QED) is 0.722. The SMILES string of the molecule is Cc1cc(C)n2nc(C(=O)NCc3ccccc3CN3CCCCCC3)nc2n1. The molecule has 4 rings (SSSR count). The van der Waals surface area contributed by atoms with Crippen LogP contribution in [0, 0.1) is 13.8 Å². The Morgan fingerprint density at radius 1 is 1.03 bits per heavy atom. The summed E-state index contributed by atoms with van der Waals surface area (Å²) in [5.41, 5.74) is 4.17. The number of aromatic nitrogens is 4. The molecular formula is C22H28N6O. The van der Waals surface area contributed by atoms with E-state index < -0.39 is 0 Å². The number of carbonyl (C=O) groups excluding carboxylic acids is 1. The van der Waals surface area contributed by atoms with Crippen LogP contribution in [0.15, 0.2) is 30.3 Å². The normalized spacial score (nSPS) is 15.4. The lowest BCUT2D eigenvalue weighted by Gasteiger charge is -2.21. The van der Waals surface area contributed by atoms with Gasteiger partial charge in [0, 0.05) is 24.5 Å². The van der Waals surface area contributed by atoms with E-state index in [-0.39, 0.29) is 11.7 Å². The molecule has 1 N–H and O–H groups in total. The van der Waals surface area contributed by atoms with E-state index in [2.05, 4.69) is 43.5 Å². The van der Waals surface area contributed by atoms with Gasteiger partial charge in [0.1, 0.15) is 0 Å². The molecule has 1 saturated heterocycles. The van der Waals surface area contributed by atoms with E-state index in [1.54, 1.807) is 4.52 Å². The molecule has 7 nitrogen and oxygen atoms in total. The van der Waals surface area contributed by atoms with Crippen molar-refractivity contribution < 1.29 is 4.79 Å². The van der Waals surface area contributed by atoms with Gasteiger partial charge in [0.2, 0.25) is 5.82 Å². The molecular weight excluding hydrogens is 364 g/mol. The molecule has 1 fully saturated rings. The van der Waals surface area contributed by atoms with E-state index in [4.69, 9.17) is 0 Å². The highest BCUT2D eigenvalue weighted by molar-refractivity contribution is 5.90. The number of likely N-dealkylation sites (tertiary alicyclic amines) is 1. The summed E-state index contributed by atoms with van der Waals surface area (Å²) >= 11 is 0. The summed E-state index contributed by atoms with van der Waals surface area (Å²) in [6.45, 7) is 7.53. The van der Waals surface area contributed by atoms with E-state index in [1.165, 1.54) is 31.2 Å². The number of nitrogens with zero attached hydrogens (tertiary/aromatic N) is 5. The molecule has 2 aromatic heterocycles. The van der Waals surface area contributed by atoms with Crippen LogP contribution in [0.2, 0.25) is 0 Å². The number of fused-ring (bicyclic) bond motifs is 1. The van der Waals surface area contributed by atoms with Crippen molar-refractivity contribution in [1.82, 2.24) is 29.8 Å². The maximum Gasteiger partial charge on any atom is 0.291 e. The van der Waals surface area contributed by atoms with Crippen molar-refractivity contribution in [1.29, 1.82) is 0 Å². The summed E-state index contributed by atoms with van der Waals surface area (Å²) < 4.78 is 1.61. The van der Waals surface area contributed by atoms with Gasteiger partial charge in [-0.05, 0) is 57.0 Å². The second-order valence-corrected chi connectivity index (χ2v) is 7.83. The first kappa shape index (κ1) is 19.5. The zero-order chi connectivity index (χ0) is 20.2. The Morgan fingerprint density at radius 3 is 2.52 bits per heavy atom. The Morgan fingerprint density at radius 2 is 1.76 bits per heavy atom. The number of benzene rings is 1. The first-order chi connectivity index (χ1) is 14.1. The van der Waals surface area contributed by atoms with Gasteiger partial charge in [-0.15, -0.1) is 5.10 Å². The fourth-order valence-corrected chi connectivity index (χ4v) is 3.94. The molecule has 29 heavy (non-hydrogen) atoms. The molecule has 3 heterocycles. The molecule has 0 aliphatic carbocycles. The molecule has 1 amide bonds. The number of nitrogens with one attached hydrogen (secondary N) is 1. The van der Waals surface area contributed by atoms with Gasteiger partial charge in [0.15, 0.2) is 0 Å². The van der Waals surface area contributed by atoms with Gasteiger partial charge in [0.05, 0.1) is 0 Å². The van der Waals surface area contributed by atoms with E-state index in [1.807, 2.05) is 26.0 Å². The highest BCUT2D eigenvalue weighted by Crippen LogP contribution is 2.16. The second kappa shape index (κ2) is 8.69. The lowest BCUT2D eigenvalue weighted by molar-refractivity contribution is 0.0940. The van der Waals surface area contributed by atoms with E-state index in [9.17, 15) is 4.79 Å². The van der Waals surface area contributed by atoms with Crippen molar-refractivity contribution in [2.45, 2.75) is 52.6 Å². The monoisotopic (exact) mass is 392 g/mol. The van der Waals surface area contributed by atoms with E-state index in [0.29, 0.717) is 12.3 Å². The zero-order valence-electron chi connectivity index (χ0n) is 17.2. The minimum Gasteiger partial charge on any atom is -0.345 e. The van der Waals surface area contributed by atoms with Crippen LogP contribution in [0.4, 0.5) is 0 Å². The average Bonchev–Trinajstić information content (AvgIpc) is 2.97. The minimum atomic E-state index is -0.280. The molecule has 1 aliphatic rings. The molecule has 1 aromatic carbocycles. The largest absolute Gasteiger partial charge is 0.345 e. The predicted octanol–water partition coefficient (Wildman–Crippen LogP) is 3.05. The van der Waals surface area contributed by atoms with Crippen LogP contribution in [0.5, 0.6) is 0 Å². The van der Waals surface area contributed by atoms with Crippen LogP contribution in [-0.2, 0) is 13.1 Å². The average molecular weight is 393 g/mol. The summed E-state index contributed by atoms with van der Waals surface area (Å²) in [4.78, 5) is 23.8.